The van der Waals surface area contributed by atoms with Gasteiger partial charge in [-0.2, -0.15) is 0 Å². The van der Waals surface area contributed by atoms with Gasteiger partial charge in [0, 0.05) is 0 Å². The predicted octanol–water partition coefficient (Wildman–Crippen LogP) is 7.91. The molecule has 0 bridgehead atoms. The standard InChI is InChI=1S/C31H50O3/c1-7-22(20(2)3)9-8-21(4)26-12-13-27-25-11-10-23-18-24(34-19-29(32)33)14-16-30(23,5)28(25)15-17-31(26,27)6/h8-10,20-22,24-28H,7,11-19H2,1-6H3,(H,32,33)/b9-8+/t21-,22-,24+,25+,26-,27+,28+,30+,31-/m1/s1. The number of ether oxygens (including phenoxy) is 1. The maximum atomic E-state index is 11.0. The Bertz CT molecular complexity index is 796. The van der Waals surface area contributed by atoms with Gasteiger partial charge in [-0.05, 0) is 110 Å². The lowest BCUT2D eigenvalue weighted by Gasteiger charge is -2.58. The van der Waals surface area contributed by atoms with Crippen LogP contribution < -0.4 is 0 Å². The Hall–Kier alpha value is -1.09. The number of rotatable bonds is 8. The van der Waals surface area contributed by atoms with E-state index in [1.807, 2.05) is 0 Å². The number of fused-ring (bicyclic) bond motifs is 5. The van der Waals surface area contributed by atoms with Gasteiger partial charge in [-0.3, -0.25) is 0 Å². The first-order valence-corrected chi connectivity index (χ1v) is 14.3. The smallest absolute Gasteiger partial charge is 0.329 e. The summed E-state index contributed by atoms with van der Waals surface area (Å²) in [7, 11) is 0. The molecule has 0 saturated heterocycles. The molecule has 3 saturated carbocycles. The summed E-state index contributed by atoms with van der Waals surface area (Å²) in [5.74, 6) is 4.54. The van der Waals surface area contributed by atoms with Gasteiger partial charge in [-0.1, -0.05) is 65.3 Å². The van der Waals surface area contributed by atoms with E-state index in [-0.39, 0.29) is 12.7 Å². The molecule has 4 rings (SSSR count). The van der Waals surface area contributed by atoms with Crippen molar-refractivity contribution < 1.29 is 14.6 Å². The van der Waals surface area contributed by atoms with E-state index in [0.29, 0.717) is 22.7 Å². The first kappa shape index (κ1) is 26.0. The molecule has 3 nitrogen and oxygen atoms in total. The molecule has 0 radical (unpaired) electrons. The number of carboxylic acids is 1. The second-order valence-electron chi connectivity index (χ2n) is 13.1. The van der Waals surface area contributed by atoms with Crippen molar-refractivity contribution in [3.05, 3.63) is 23.8 Å². The molecule has 0 aliphatic heterocycles. The molecule has 1 N–H and O–H groups in total. The third-order valence-electron chi connectivity index (χ3n) is 11.2. The van der Waals surface area contributed by atoms with Crippen molar-refractivity contribution in [2.24, 2.45) is 52.3 Å². The number of hydrogen-bond acceptors (Lipinski definition) is 2. The van der Waals surface area contributed by atoms with Crippen LogP contribution in [0.25, 0.3) is 0 Å². The van der Waals surface area contributed by atoms with Crippen molar-refractivity contribution in [3.63, 3.8) is 0 Å². The van der Waals surface area contributed by atoms with Crippen LogP contribution in [0.4, 0.5) is 0 Å². The van der Waals surface area contributed by atoms with E-state index >= 15 is 0 Å². The molecule has 9 atom stereocenters. The lowest BCUT2D eigenvalue weighted by atomic mass is 9.47. The first-order chi connectivity index (χ1) is 16.1. The summed E-state index contributed by atoms with van der Waals surface area (Å²) in [6.45, 7) is 14.5. The molecule has 4 aliphatic carbocycles. The summed E-state index contributed by atoms with van der Waals surface area (Å²) < 4.78 is 5.72. The summed E-state index contributed by atoms with van der Waals surface area (Å²) in [4.78, 5) is 11.0. The van der Waals surface area contributed by atoms with E-state index in [2.05, 4.69) is 59.8 Å². The van der Waals surface area contributed by atoms with Gasteiger partial charge in [-0.25, -0.2) is 4.79 Å². The van der Waals surface area contributed by atoms with Crippen LogP contribution in [-0.2, 0) is 9.53 Å². The van der Waals surface area contributed by atoms with Crippen molar-refractivity contribution in [3.8, 4) is 0 Å². The number of hydrogen-bond donors (Lipinski definition) is 1. The molecule has 0 unspecified atom stereocenters. The van der Waals surface area contributed by atoms with E-state index in [1.165, 1.54) is 38.5 Å². The largest absolute Gasteiger partial charge is 0.480 e. The minimum Gasteiger partial charge on any atom is -0.480 e. The fourth-order valence-corrected chi connectivity index (χ4v) is 9.14. The van der Waals surface area contributed by atoms with Crippen molar-refractivity contribution in [2.75, 3.05) is 6.61 Å². The Kier molecular flexibility index (Phi) is 7.73. The van der Waals surface area contributed by atoms with Crippen molar-refractivity contribution >= 4 is 5.97 Å². The van der Waals surface area contributed by atoms with Crippen LogP contribution in [0.5, 0.6) is 0 Å². The highest BCUT2D eigenvalue weighted by Gasteiger charge is 2.59. The molecule has 0 amide bonds. The van der Waals surface area contributed by atoms with Crippen molar-refractivity contribution in [1.82, 2.24) is 0 Å². The lowest BCUT2D eigenvalue weighted by Crippen LogP contribution is -2.51. The molecule has 3 fully saturated rings. The number of aliphatic carboxylic acids is 1. The van der Waals surface area contributed by atoms with Gasteiger partial charge in [-0.15, -0.1) is 0 Å². The summed E-state index contributed by atoms with van der Waals surface area (Å²) >= 11 is 0. The van der Waals surface area contributed by atoms with Crippen molar-refractivity contribution in [1.29, 1.82) is 0 Å². The molecule has 0 aromatic heterocycles. The topological polar surface area (TPSA) is 46.5 Å². The fourth-order valence-electron chi connectivity index (χ4n) is 9.14. The molecular weight excluding hydrogens is 420 g/mol. The predicted molar refractivity (Wildman–Crippen MR) is 139 cm³/mol. The molecule has 3 heteroatoms. The van der Waals surface area contributed by atoms with E-state index in [0.717, 1.165) is 48.9 Å². The minimum atomic E-state index is -0.855. The van der Waals surface area contributed by atoms with Crippen LogP contribution in [0, 0.1) is 52.3 Å². The Morgan fingerprint density at radius 1 is 1.12 bits per heavy atom. The van der Waals surface area contributed by atoms with Gasteiger partial charge in [0.05, 0.1) is 6.10 Å². The fraction of sp³-hybridized carbons (Fsp3) is 0.839. The Morgan fingerprint density at radius 3 is 2.56 bits per heavy atom. The Morgan fingerprint density at radius 2 is 1.88 bits per heavy atom. The molecule has 0 spiro atoms. The van der Waals surface area contributed by atoms with Crippen LogP contribution in [0.3, 0.4) is 0 Å². The third-order valence-corrected chi connectivity index (χ3v) is 11.2. The Balaban J connectivity index is 1.47. The maximum Gasteiger partial charge on any atom is 0.329 e. The molecule has 34 heavy (non-hydrogen) atoms. The molecule has 0 heterocycles. The van der Waals surface area contributed by atoms with Gasteiger partial charge in [0.15, 0.2) is 0 Å². The van der Waals surface area contributed by atoms with Gasteiger partial charge >= 0.3 is 5.97 Å². The van der Waals surface area contributed by atoms with E-state index < -0.39 is 5.97 Å². The zero-order valence-electron chi connectivity index (χ0n) is 22.7. The number of carbonyl (C=O) groups is 1. The van der Waals surface area contributed by atoms with Gasteiger partial charge in [0.1, 0.15) is 6.61 Å². The van der Waals surface area contributed by atoms with Gasteiger partial charge in [0.25, 0.3) is 0 Å². The molecule has 192 valence electrons. The summed E-state index contributed by atoms with van der Waals surface area (Å²) in [6.07, 6.45) is 18.9. The lowest BCUT2D eigenvalue weighted by molar-refractivity contribution is -0.145. The highest BCUT2D eigenvalue weighted by molar-refractivity contribution is 5.68. The van der Waals surface area contributed by atoms with Crippen LogP contribution in [-0.4, -0.2) is 23.8 Å². The van der Waals surface area contributed by atoms with Crippen LogP contribution in [0.2, 0.25) is 0 Å². The summed E-state index contributed by atoms with van der Waals surface area (Å²) in [6, 6.07) is 0. The molecule has 0 aromatic carbocycles. The number of carboxylic acid groups (broad SMARTS) is 1. The second kappa shape index (κ2) is 10.1. The zero-order chi connectivity index (χ0) is 24.7. The van der Waals surface area contributed by atoms with E-state index in [1.54, 1.807) is 5.57 Å². The van der Waals surface area contributed by atoms with Crippen LogP contribution in [0.1, 0.15) is 99.3 Å². The van der Waals surface area contributed by atoms with Crippen LogP contribution in [0.15, 0.2) is 23.8 Å². The maximum absolute atomic E-state index is 11.0. The summed E-state index contributed by atoms with van der Waals surface area (Å²) in [5, 5.41) is 9.01. The quantitative estimate of drug-likeness (QED) is 0.367. The highest BCUT2D eigenvalue weighted by Crippen LogP contribution is 2.67. The molecule has 0 aromatic rings. The zero-order valence-corrected chi connectivity index (χ0v) is 22.7. The van der Waals surface area contributed by atoms with E-state index in [4.69, 9.17) is 9.84 Å². The average molecular weight is 471 g/mol. The monoisotopic (exact) mass is 470 g/mol. The molecule has 4 aliphatic rings. The normalized spacial score (nSPS) is 41.5. The van der Waals surface area contributed by atoms with Gasteiger partial charge < -0.3 is 9.84 Å². The number of allylic oxidation sites excluding steroid dienone is 3. The summed E-state index contributed by atoms with van der Waals surface area (Å²) in [5.41, 5.74) is 2.35. The van der Waals surface area contributed by atoms with Crippen molar-refractivity contribution in [2.45, 2.75) is 105 Å². The van der Waals surface area contributed by atoms with Gasteiger partial charge in [0.2, 0.25) is 0 Å². The third kappa shape index (κ3) is 4.67. The van der Waals surface area contributed by atoms with Crippen LogP contribution >= 0.6 is 0 Å². The minimum absolute atomic E-state index is 0.0853. The Labute approximate surface area is 208 Å². The highest BCUT2D eigenvalue weighted by atomic mass is 16.5. The van der Waals surface area contributed by atoms with E-state index in [9.17, 15) is 4.79 Å². The average Bonchev–Trinajstić information content (AvgIpc) is 3.15. The first-order valence-electron chi connectivity index (χ1n) is 14.3. The second-order valence-corrected chi connectivity index (χ2v) is 13.1. The SMILES string of the molecule is CC[C@H](/C=C/[C@@H](C)[C@H]1CC[C@H]2[C@@H]3CC=C4C[C@@H](OCC(=O)O)CC[C@]4(C)[C@H]3CC[C@]12C)C(C)C. The molecular formula is C31H50O3.